The van der Waals surface area contributed by atoms with Crippen LogP contribution >= 0.6 is 12.4 Å². The van der Waals surface area contributed by atoms with E-state index in [1.54, 1.807) is 0 Å². The Labute approximate surface area is 97.3 Å². The number of benzene rings is 1. The van der Waals surface area contributed by atoms with Crippen LogP contribution in [0.5, 0.6) is 0 Å². The van der Waals surface area contributed by atoms with Gasteiger partial charge < -0.3 is 5.73 Å². The van der Waals surface area contributed by atoms with Crippen LogP contribution in [0.4, 0.5) is 0 Å². The van der Waals surface area contributed by atoms with Crippen LogP contribution in [0.25, 0.3) is 0 Å². The molecule has 0 heterocycles. The van der Waals surface area contributed by atoms with Crippen molar-refractivity contribution in [3.05, 3.63) is 35.9 Å². The summed E-state index contributed by atoms with van der Waals surface area (Å²) in [5, 5.41) is 0. The third-order valence-corrected chi connectivity index (χ3v) is 2.62. The molecule has 2 nitrogen and oxygen atoms in total. The maximum atomic E-state index is 11.8. The van der Waals surface area contributed by atoms with Gasteiger partial charge in [0.15, 0.2) is 5.78 Å². The quantitative estimate of drug-likeness (QED) is 0.804. The first kappa shape index (κ1) is 14.1. The fraction of sp³-hybridized carbons (Fsp3) is 0.417. The van der Waals surface area contributed by atoms with E-state index in [0.29, 0.717) is 5.56 Å². The van der Waals surface area contributed by atoms with Crippen molar-refractivity contribution in [3.8, 4) is 0 Å². The molecule has 0 fully saturated rings. The largest absolute Gasteiger partial charge is 0.321 e. The van der Waals surface area contributed by atoms with Crippen LogP contribution in [0.3, 0.4) is 0 Å². The Hall–Kier alpha value is -0.860. The second-order valence-corrected chi connectivity index (χ2v) is 3.64. The molecule has 1 aromatic carbocycles. The molecule has 0 aliphatic heterocycles. The molecule has 15 heavy (non-hydrogen) atoms. The number of hydrogen-bond acceptors (Lipinski definition) is 2. The molecule has 3 heteroatoms. The Morgan fingerprint density at radius 3 is 2.33 bits per heavy atom. The van der Waals surface area contributed by atoms with E-state index >= 15 is 0 Å². The second-order valence-electron chi connectivity index (χ2n) is 3.64. The van der Waals surface area contributed by atoms with Gasteiger partial charge in [0.2, 0.25) is 0 Å². The van der Waals surface area contributed by atoms with Gasteiger partial charge in [0, 0.05) is 5.56 Å². The van der Waals surface area contributed by atoms with Crippen LogP contribution in [0.2, 0.25) is 0 Å². The van der Waals surface area contributed by atoms with Crippen molar-refractivity contribution < 1.29 is 4.79 Å². The van der Waals surface area contributed by atoms with Crippen molar-refractivity contribution in [2.24, 2.45) is 11.7 Å². The number of Topliss-reactive ketones (excluding diaryl/α,β-unsaturated/α-hetero) is 1. The van der Waals surface area contributed by atoms with Gasteiger partial charge in [-0.15, -0.1) is 12.4 Å². The molecule has 0 saturated carbocycles. The van der Waals surface area contributed by atoms with E-state index in [9.17, 15) is 4.79 Å². The lowest BCUT2D eigenvalue weighted by Gasteiger charge is -2.16. The highest BCUT2D eigenvalue weighted by Gasteiger charge is 2.20. The molecule has 1 unspecified atom stereocenters. The molecule has 2 N–H and O–H groups in total. The average Bonchev–Trinajstić information content (AvgIpc) is 2.27. The summed E-state index contributed by atoms with van der Waals surface area (Å²) in [5.74, 6) is 0.280. The Bertz CT molecular complexity index is 300. The molecule has 1 rings (SSSR count). The molecule has 0 aliphatic rings. The number of ketones is 1. The number of rotatable bonds is 4. The lowest BCUT2D eigenvalue weighted by atomic mass is 9.93. The van der Waals surface area contributed by atoms with Gasteiger partial charge >= 0.3 is 0 Å². The summed E-state index contributed by atoms with van der Waals surface area (Å²) in [6.45, 7) is 4.05. The van der Waals surface area contributed by atoms with Crippen molar-refractivity contribution in [1.29, 1.82) is 0 Å². The summed E-state index contributed by atoms with van der Waals surface area (Å²) in [4.78, 5) is 11.8. The normalized spacial score (nSPS) is 13.8. The monoisotopic (exact) mass is 227 g/mol. The van der Waals surface area contributed by atoms with Gasteiger partial charge in [0.25, 0.3) is 0 Å². The van der Waals surface area contributed by atoms with Gasteiger partial charge in [-0.3, -0.25) is 4.79 Å². The summed E-state index contributed by atoms with van der Waals surface area (Å²) in [5.41, 5.74) is 6.56. The number of nitrogens with two attached hydrogens (primary N) is 1. The number of carbonyl (C=O) groups excluding carboxylic acids is 1. The summed E-state index contributed by atoms with van der Waals surface area (Å²) in [6.07, 6.45) is 0.930. The smallest absolute Gasteiger partial charge is 0.179 e. The Kier molecular flexibility index (Phi) is 6.21. The molecule has 0 saturated heterocycles. The van der Waals surface area contributed by atoms with Crippen LogP contribution in [0.15, 0.2) is 30.3 Å². The van der Waals surface area contributed by atoms with E-state index in [4.69, 9.17) is 5.73 Å². The highest BCUT2D eigenvalue weighted by atomic mass is 35.5. The average molecular weight is 228 g/mol. The molecule has 0 aromatic heterocycles. The van der Waals surface area contributed by atoms with E-state index in [-0.39, 0.29) is 30.2 Å². The fourth-order valence-electron chi connectivity index (χ4n) is 1.31. The summed E-state index contributed by atoms with van der Waals surface area (Å²) < 4.78 is 0. The standard InChI is InChI=1S/C12H17NO.ClH/c1-3-9(2)11(13)12(14)10-7-5-4-6-8-10;/h4-9,11H,3,13H2,1-2H3;1H/t9?,11-;/m0./s1. The van der Waals surface area contributed by atoms with E-state index < -0.39 is 0 Å². The predicted octanol–water partition coefficient (Wildman–Crippen LogP) is 2.66. The highest BCUT2D eigenvalue weighted by molar-refractivity contribution is 6.00. The zero-order chi connectivity index (χ0) is 10.6. The zero-order valence-corrected chi connectivity index (χ0v) is 9.96. The topological polar surface area (TPSA) is 43.1 Å². The van der Waals surface area contributed by atoms with Gasteiger partial charge in [-0.1, -0.05) is 50.6 Å². The molecule has 0 aliphatic carbocycles. The van der Waals surface area contributed by atoms with Crippen molar-refractivity contribution in [2.75, 3.05) is 0 Å². The van der Waals surface area contributed by atoms with Crippen LogP contribution in [0, 0.1) is 5.92 Å². The van der Waals surface area contributed by atoms with Crippen LogP contribution in [-0.4, -0.2) is 11.8 Å². The summed E-state index contributed by atoms with van der Waals surface area (Å²) >= 11 is 0. The van der Waals surface area contributed by atoms with Crippen molar-refractivity contribution in [2.45, 2.75) is 26.3 Å². The molecule has 2 atom stereocenters. The molecular weight excluding hydrogens is 210 g/mol. The minimum Gasteiger partial charge on any atom is -0.321 e. The van der Waals surface area contributed by atoms with Gasteiger partial charge in [-0.05, 0) is 5.92 Å². The summed E-state index contributed by atoms with van der Waals surface area (Å²) in [6, 6.07) is 8.86. The molecule has 84 valence electrons. The van der Waals surface area contributed by atoms with Gasteiger partial charge in [-0.25, -0.2) is 0 Å². The van der Waals surface area contributed by atoms with Crippen LogP contribution in [0.1, 0.15) is 30.6 Å². The van der Waals surface area contributed by atoms with Crippen LogP contribution in [-0.2, 0) is 0 Å². The first-order chi connectivity index (χ1) is 6.66. The second kappa shape index (κ2) is 6.59. The Morgan fingerprint density at radius 2 is 1.87 bits per heavy atom. The molecule has 0 bridgehead atoms. The lowest BCUT2D eigenvalue weighted by molar-refractivity contribution is 0.0935. The lowest BCUT2D eigenvalue weighted by Crippen LogP contribution is -2.36. The number of carbonyl (C=O) groups is 1. The van der Waals surface area contributed by atoms with E-state index in [2.05, 4.69) is 0 Å². The zero-order valence-electron chi connectivity index (χ0n) is 9.14. The minimum atomic E-state index is -0.373. The Morgan fingerprint density at radius 1 is 1.33 bits per heavy atom. The number of halogens is 1. The van der Waals surface area contributed by atoms with Crippen LogP contribution < -0.4 is 5.73 Å². The SMILES string of the molecule is CCC(C)[C@H](N)C(=O)c1ccccc1.Cl. The summed E-state index contributed by atoms with van der Waals surface area (Å²) in [7, 11) is 0. The predicted molar refractivity (Wildman–Crippen MR) is 65.5 cm³/mol. The van der Waals surface area contributed by atoms with Gasteiger partial charge in [-0.2, -0.15) is 0 Å². The highest BCUT2D eigenvalue weighted by Crippen LogP contribution is 2.11. The maximum absolute atomic E-state index is 11.8. The molecular formula is C12H18ClNO. The third kappa shape index (κ3) is 3.65. The molecule has 0 radical (unpaired) electrons. The Balaban J connectivity index is 0.00000196. The fourth-order valence-corrected chi connectivity index (χ4v) is 1.31. The number of hydrogen-bond donors (Lipinski definition) is 1. The van der Waals surface area contributed by atoms with Gasteiger partial charge in [0.1, 0.15) is 0 Å². The first-order valence-electron chi connectivity index (χ1n) is 5.01. The first-order valence-corrected chi connectivity index (χ1v) is 5.01. The minimum absolute atomic E-state index is 0. The third-order valence-electron chi connectivity index (χ3n) is 2.62. The van der Waals surface area contributed by atoms with E-state index in [0.717, 1.165) is 6.42 Å². The van der Waals surface area contributed by atoms with E-state index in [1.165, 1.54) is 0 Å². The molecule has 0 spiro atoms. The van der Waals surface area contributed by atoms with Crippen molar-refractivity contribution in [1.82, 2.24) is 0 Å². The van der Waals surface area contributed by atoms with Gasteiger partial charge in [0.05, 0.1) is 6.04 Å². The van der Waals surface area contributed by atoms with E-state index in [1.807, 2.05) is 44.2 Å². The molecule has 1 aromatic rings. The maximum Gasteiger partial charge on any atom is 0.179 e. The molecule has 0 amide bonds. The van der Waals surface area contributed by atoms with Crippen molar-refractivity contribution >= 4 is 18.2 Å². The van der Waals surface area contributed by atoms with Crippen molar-refractivity contribution in [3.63, 3.8) is 0 Å².